The summed E-state index contributed by atoms with van der Waals surface area (Å²) < 4.78 is 27.1. The van der Waals surface area contributed by atoms with E-state index in [0.717, 1.165) is 5.56 Å². The average Bonchev–Trinajstić information content (AvgIpc) is 3.18. The number of fused-ring (bicyclic) bond motifs is 1. The van der Waals surface area contributed by atoms with Gasteiger partial charge in [0.05, 0.1) is 16.0 Å². The molecule has 1 aliphatic rings. The van der Waals surface area contributed by atoms with Gasteiger partial charge in [0.1, 0.15) is 5.25 Å². The lowest BCUT2D eigenvalue weighted by Gasteiger charge is -2.19. The largest absolute Gasteiger partial charge is 0.354 e. The van der Waals surface area contributed by atoms with E-state index in [0.29, 0.717) is 42.5 Å². The highest BCUT2D eigenvalue weighted by molar-refractivity contribution is 7.91. The van der Waals surface area contributed by atoms with Gasteiger partial charge in [0.15, 0.2) is 9.84 Å². The van der Waals surface area contributed by atoms with E-state index in [1.54, 1.807) is 54.7 Å². The Kier molecular flexibility index (Phi) is 8.91. The fourth-order valence-corrected chi connectivity index (χ4v) is 6.29. The predicted octanol–water partition coefficient (Wildman–Crippen LogP) is 4.69. The van der Waals surface area contributed by atoms with Gasteiger partial charge in [0, 0.05) is 31.9 Å². The van der Waals surface area contributed by atoms with Gasteiger partial charge in [-0.05, 0) is 60.2 Å². The van der Waals surface area contributed by atoms with Gasteiger partial charge in [-0.15, -0.1) is 0 Å². The van der Waals surface area contributed by atoms with Gasteiger partial charge < -0.3 is 5.32 Å². The van der Waals surface area contributed by atoms with Crippen molar-refractivity contribution in [2.24, 2.45) is 0 Å². The van der Waals surface area contributed by atoms with Crippen molar-refractivity contribution in [2.45, 2.75) is 55.6 Å². The second kappa shape index (κ2) is 12.3. The smallest absolute Gasteiger partial charge is 0.261 e. The summed E-state index contributed by atoms with van der Waals surface area (Å²) in [5.41, 5.74) is 2.40. The molecule has 1 unspecified atom stereocenters. The van der Waals surface area contributed by atoms with E-state index in [2.05, 4.69) is 10.3 Å². The number of sulfone groups is 1. The third-order valence-corrected chi connectivity index (χ3v) is 9.07. The molecule has 3 aromatic rings. The number of aromatic nitrogens is 1. The van der Waals surface area contributed by atoms with Crippen molar-refractivity contribution in [2.75, 3.05) is 13.1 Å². The summed E-state index contributed by atoms with van der Waals surface area (Å²) in [6, 6.07) is 17.0. The van der Waals surface area contributed by atoms with Crippen LogP contribution in [0.1, 0.15) is 82.5 Å². The van der Waals surface area contributed by atoms with Gasteiger partial charge in [0.25, 0.3) is 11.8 Å². The molecule has 0 aliphatic carbocycles. The van der Waals surface area contributed by atoms with E-state index in [1.807, 2.05) is 26.0 Å². The van der Waals surface area contributed by atoms with Crippen molar-refractivity contribution in [3.63, 3.8) is 0 Å². The molecule has 0 saturated carbocycles. The third-order valence-electron chi connectivity index (χ3n) is 6.95. The Hall–Kier alpha value is -3.85. The number of rotatable bonds is 12. The zero-order valence-electron chi connectivity index (χ0n) is 22.2. The summed E-state index contributed by atoms with van der Waals surface area (Å²) in [5, 5.41) is 1.80. The molecule has 8 nitrogen and oxygen atoms in total. The SMILES string of the molecule is CC(C)c1ccc(S(=O)(=O)C(CNC(=O)CCCCCN2C(=O)c3ccccc3C2=O)c2cccnc2)cc1. The number of carbonyl (C=O) groups is 3. The number of benzene rings is 2. The van der Waals surface area contributed by atoms with E-state index >= 15 is 0 Å². The predicted molar refractivity (Wildman–Crippen MR) is 148 cm³/mol. The Morgan fingerprint density at radius 3 is 2.13 bits per heavy atom. The first-order valence-corrected chi connectivity index (χ1v) is 14.7. The average molecular weight is 548 g/mol. The maximum Gasteiger partial charge on any atom is 0.261 e. The monoisotopic (exact) mass is 547 g/mol. The zero-order chi connectivity index (χ0) is 28.0. The number of nitrogens with one attached hydrogen (secondary N) is 1. The standard InChI is InChI=1S/C30H33N3O5S/c1-21(2)22-13-15-24(16-14-22)39(37,38)27(23-9-8-17-31-19-23)20-32-28(34)12-4-3-7-18-33-29(35)25-10-5-6-11-26(25)30(33)36/h5-6,8-11,13-17,19,21,27H,3-4,7,12,18,20H2,1-2H3,(H,32,34). The van der Waals surface area contributed by atoms with Crippen LogP contribution in [0.2, 0.25) is 0 Å². The van der Waals surface area contributed by atoms with Crippen molar-refractivity contribution in [1.82, 2.24) is 15.2 Å². The Labute approximate surface area is 229 Å². The van der Waals surface area contributed by atoms with Gasteiger partial charge in [-0.1, -0.05) is 50.6 Å². The van der Waals surface area contributed by atoms with E-state index in [9.17, 15) is 22.8 Å². The first-order chi connectivity index (χ1) is 18.7. The highest BCUT2D eigenvalue weighted by Crippen LogP contribution is 2.29. The number of unbranched alkanes of at least 4 members (excludes halogenated alkanes) is 2. The summed E-state index contributed by atoms with van der Waals surface area (Å²) in [4.78, 5) is 43.0. The quantitative estimate of drug-likeness (QED) is 0.260. The van der Waals surface area contributed by atoms with E-state index in [1.165, 1.54) is 11.1 Å². The molecule has 9 heteroatoms. The normalized spacial score (nSPS) is 14.0. The minimum atomic E-state index is -3.79. The fraction of sp³-hybridized carbons (Fsp3) is 0.333. The molecular weight excluding hydrogens is 514 g/mol. The maximum absolute atomic E-state index is 13.5. The molecule has 0 fully saturated rings. The third kappa shape index (κ3) is 6.42. The van der Waals surface area contributed by atoms with Gasteiger partial charge in [-0.25, -0.2) is 8.42 Å². The summed E-state index contributed by atoms with van der Waals surface area (Å²) in [5.74, 6) is -0.539. The Bertz CT molecular complexity index is 1400. The molecule has 0 spiro atoms. The van der Waals surface area contributed by atoms with Crippen molar-refractivity contribution < 1.29 is 22.8 Å². The van der Waals surface area contributed by atoms with E-state index in [4.69, 9.17) is 0 Å². The lowest BCUT2D eigenvalue weighted by atomic mass is 10.0. The number of imide groups is 1. The summed E-state index contributed by atoms with van der Waals surface area (Å²) >= 11 is 0. The van der Waals surface area contributed by atoms with Crippen LogP contribution in [0.4, 0.5) is 0 Å². The van der Waals surface area contributed by atoms with Crippen LogP contribution in [0.3, 0.4) is 0 Å². The number of amides is 3. The first kappa shape index (κ1) is 28.2. The van der Waals surface area contributed by atoms with Crippen LogP contribution >= 0.6 is 0 Å². The molecule has 2 heterocycles. The van der Waals surface area contributed by atoms with Crippen LogP contribution in [0.5, 0.6) is 0 Å². The van der Waals surface area contributed by atoms with Crippen molar-refractivity contribution >= 4 is 27.6 Å². The maximum atomic E-state index is 13.5. The molecule has 4 rings (SSSR count). The zero-order valence-corrected chi connectivity index (χ0v) is 23.0. The van der Waals surface area contributed by atoms with E-state index < -0.39 is 15.1 Å². The molecule has 1 atom stereocenters. The summed E-state index contributed by atoms with van der Waals surface area (Å²) in [6.07, 6.45) is 5.08. The molecule has 204 valence electrons. The van der Waals surface area contributed by atoms with Crippen LogP contribution < -0.4 is 5.32 Å². The fourth-order valence-electron chi connectivity index (χ4n) is 4.65. The number of carbonyl (C=O) groups excluding carboxylic acids is 3. The van der Waals surface area contributed by atoms with Crippen molar-refractivity contribution in [3.8, 4) is 0 Å². The molecule has 3 amide bonds. The molecule has 1 N–H and O–H groups in total. The van der Waals surface area contributed by atoms with Crippen molar-refractivity contribution in [3.05, 3.63) is 95.3 Å². The summed E-state index contributed by atoms with van der Waals surface area (Å²) in [6.45, 7) is 4.31. The Morgan fingerprint density at radius 2 is 1.54 bits per heavy atom. The van der Waals surface area contributed by atoms with Crippen LogP contribution in [0.15, 0.2) is 78.0 Å². The van der Waals surface area contributed by atoms with Crippen LogP contribution in [-0.4, -0.2) is 49.1 Å². The molecule has 0 bridgehead atoms. The minimum Gasteiger partial charge on any atom is -0.354 e. The van der Waals surface area contributed by atoms with Gasteiger partial charge in [0.2, 0.25) is 5.91 Å². The van der Waals surface area contributed by atoms with Crippen molar-refractivity contribution in [1.29, 1.82) is 0 Å². The molecule has 2 aromatic carbocycles. The van der Waals surface area contributed by atoms with Gasteiger partial charge in [-0.3, -0.25) is 24.3 Å². The van der Waals surface area contributed by atoms with Crippen LogP contribution in [-0.2, 0) is 14.6 Å². The molecule has 1 aliphatic heterocycles. The lowest BCUT2D eigenvalue weighted by molar-refractivity contribution is -0.121. The Balaban J connectivity index is 1.30. The first-order valence-electron chi connectivity index (χ1n) is 13.2. The lowest BCUT2D eigenvalue weighted by Crippen LogP contribution is -2.32. The van der Waals surface area contributed by atoms with Crippen LogP contribution in [0, 0.1) is 0 Å². The van der Waals surface area contributed by atoms with E-state index in [-0.39, 0.29) is 41.5 Å². The number of nitrogens with zero attached hydrogens (tertiary/aromatic N) is 2. The molecule has 39 heavy (non-hydrogen) atoms. The van der Waals surface area contributed by atoms with Gasteiger partial charge in [-0.2, -0.15) is 0 Å². The number of hydrogen-bond donors (Lipinski definition) is 1. The second-order valence-corrected chi connectivity index (χ2v) is 12.1. The molecule has 0 radical (unpaired) electrons. The molecule has 0 saturated heterocycles. The molecule has 1 aromatic heterocycles. The number of pyridine rings is 1. The summed E-state index contributed by atoms with van der Waals surface area (Å²) in [7, 11) is -3.79. The Morgan fingerprint density at radius 1 is 0.872 bits per heavy atom. The van der Waals surface area contributed by atoms with Gasteiger partial charge >= 0.3 is 0 Å². The highest BCUT2D eigenvalue weighted by atomic mass is 32.2. The minimum absolute atomic E-state index is 0.0756. The second-order valence-electron chi connectivity index (χ2n) is 9.97. The molecular formula is C30H33N3O5S. The number of hydrogen-bond acceptors (Lipinski definition) is 6. The van der Waals surface area contributed by atoms with Crippen LogP contribution in [0.25, 0.3) is 0 Å². The highest BCUT2D eigenvalue weighted by Gasteiger charge is 2.34. The topological polar surface area (TPSA) is 114 Å².